The highest BCUT2D eigenvalue weighted by atomic mass is 32.2. The molecule has 0 unspecified atom stereocenters. The molecule has 0 aromatic carbocycles. The normalized spacial score (nSPS) is 11.5. The highest BCUT2D eigenvalue weighted by Crippen LogP contribution is 2.11. The summed E-state index contributed by atoms with van der Waals surface area (Å²) in [6.45, 7) is -0.890. The molecule has 102 valence electrons. The van der Waals surface area contributed by atoms with Gasteiger partial charge in [-0.1, -0.05) is 6.42 Å². The Kier molecular flexibility index (Phi) is 9.34. The van der Waals surface area contributed by atoms with Gasteiger partial charge in [0.1, 0.15) is 0 Å². The minimum Gasteiger partial charge on any atom is -0.355 e. The van der Waals surface area contributed by atoms with E-state index >= 15 is 0 Å². The van der Waals surface area contributed by atoms with E-state index in [-0.39, 0.29) is 12.5 Å². The fourth-order valence-corrected chi connectivity index (χ4v) is 1.65. The second-order valence-corrected chi connectivity index (χ2v) is 4.61. The summed E-state index contributed by atoms with van der Waals surface area (Å²) in [4.78, 5) is 11.1. The summed E-state index contributed by atoms with van der Waals surface area (Å²) in [5.74, 6) is 0.709. The molecule has 0 bridgehead atoms. The number of rotatable bonds is 9. The number of carbonyl (C=O) groups excluding carboxylic acids is 1. The van der Waals surface area contributed by atoms with E-state index in [0.717, 1.165) is 25.0 Å². The molecule has 0 heterocycles. The molecule has 17 heavy (non-hydrogen) atoms. The minimum atomic E-state index is -4.27. The monoisotopic (exact) mass is 272 g/mol. The third-order valence-corrected chi connectivity index (χ3v) is 2.66. The van der Waals surface area contributed by atoms with E-state index in [1.807, 2.05) is 11.6 Å². The first-order valence-corrected chi connectivity index (χ1v) is 6.88. The Morgan fingerprint density at radius 3 is 2.53 bits per heavy atom. The molecule has 0 atom stereocenters. The van der Waals surface area contributed by atoms with Crippen LogP contribution in [0.3, 0.4) is 0 Å². The summed E-state index contributed by atoms with van der Waals surface area (Å²) in [7, 11) is 0. The van der Waals surface area contributed by atoms with Crippen molar-refractivity contribution in [3.8, 4) is 0 Å². The summed E-state index contributed by atoms with van der Waals surface area (Å²) in [6.07, 6.45) is 0.762. The SMILES string of the molecule is CSCCCCCNC(=O)CNCC(F)(F)F. The fraction of sp³-hybridized carbons (Fsp3) is 0.900. The largest absolute Gasteiger partial charge is 0.401 e. The highest BCUT2D eigenvalue weighted by molar-refractivity contribution is 7.98. The van der Waals surface area contributed by atoms with Crippen molar-refractivity contribution in [2.45, 2.75) is 25.4 Å². The van der Waals surface area contributed by atoms with Crippen molar-refractivity contribution < 1.29 is 18.0 Å². The van der Waals surface area contributed by atoms with Crippen LogP contribution in [0.5, 0.6) is 0 Å². The molecule has 0 aliphatic heterocycles. The van der Waals surface area contributed by atoms with Crippen LogP contribution in [0.25, 0.3) is 0 Å². The molecular weight excluding hydrogens is 253 g/mol. The van der Waals surface area contributed by atoms with Crippen molar-refractivity contribution in [2.24, 2.45) is 0 Å². The van der Waals surface area contributed by atoms with Gasteiger partial charge in [-0.3, -0.25) is 4.79 Å². The molecule has 3 nitrogen and oxygen atoms in total. The molecule has 0 aliphatic rings. The van der Waals surface area contributed by atoms with Crippen LogP contribution in [0.15, 0.2) is 0 Å². The van der Waals surface area contributed by atoms with Gasteiger partial charge in [0.25, 0.3) is 0 Å². The van der Waals surface area contributed by atoms with Crippen LogP contribution < -0.4 is 10.6 Å². The number of alkyl halides is 3. The quantitative estimate of drug-likeness (QED) is 0.629. The fourth-order valence-electron chi connectivity index (χ4n) is 1.16. The molecule has 7 heteroatoms. The summed E-state index contributed by atoms with van der Waals surface area (Å²) in [6, 6.07) is 0. The molecule has 0 aromatic rings. The third kappa shape index (κ3) is 13.5. The lowest BCUT2D eigenvalue weighted by Crippen LogP contribution is -2.38. The lowest BCUT2D eigenvalue weighted by Gasteiger charge is -2.08. The molecule has 0 spiro atoms. The summed E-state index contributed by atoms with van der Waals surface area (Å²) < 4.78 is 35.2. The van der Waals surface area contributed by atoms with Crippen molar-refractivity contribution in [2.75, 3.05) is 31.6 Å². The lowest BCUT2D eigenvalue weighted by atomic mass is 10.2. The maximum atomic E-state index is 11.7. The summed E-state index contributed by atoms with van der Waals surface area (Å²) >= 11 is 1.78. The van der Waals surface area contributed by atoms with Crippen molar-refractivity contribution in [3.05, 3.63) is 0 Å². The number of carbonyl (C=O) groups is 1. The third-order valence-electron chi connectivity index (χ3n) is 1.96. The van der Waals surface area contributed by atoms with E-state index in [2.05, 4.69) is 5.32 Å². The minimum absolute atomic E-state index is 0.287. The number of unbranched alkanes of at least 4 members (excludes halogenated alkanes) is 2. The molecular formula is C10H19F3N2OS. The van der Waals surface area contributed by atoms with Gasteiger partial charge in [-0.25, -0.2) is 0 Å². The number of nitrogens with one attached hydrogen (secondary N) is 2. The van der Waals surface area contributed by atoms with E-state index in [9.17, 15) is 18.0 Å². The molecule has 0 fully saturated rings. The van der Waals surface area contributed by atoms with Crippen molar-refractivity contribution in [1.82, 2.24) is 10.6 Å². The van der Waals surface area contributed by atoms with Gasteiger partial charge >= 0.3 is 6.18 Å². The van der Waals surface area contributed by atoms with Gasteiger partial charge < -0.3 is 10.6 Å². The zero-order valence-electron chi connectivity index (χ0n) is 9.90. The van der Waals surface area contributed by atoms with Gasteiger partial charge in [0.15, 0.2) is 0 Å². The van der Waals surface area contributed by atoms with E-state index in [1.54, 1.807) is 11.8 Å². The number of hydrogen-bond acceptors (Lipinski definition) is 3. The first-order chi connectivity index (χ1) is 7.95. The Hall–Kier alpha value is -0.430. The van der Waals surface area contributed by atoms with Crippen LogP contribution in [0.4, 0.5) is 13.2 Å². The van der Waals surface area contributed by atoms with Crippen LogP contribution in [0, 0.1) is 0 Å². The topological polar surface area (TPSA) is 41.1 Å². The van der Waals surface area contributed by atoms with Crippen molar-refractivity contribution in [3.63, 3.8) is 0 Å². The van der Waals surface area contributed by atoms with Gasteiger partial charge in [0.2, 0.25) is 5.91 Å². The Morgan fingerprint density at radius 1 is 1.24 bits per heavy atom. The molecule has 1 amide bonds. The first kappa shape index (κ1) is 16.6. The van der Waals surface area contributed by atoms with Gasteiger partial charge in [-0.15, -0.1) is 0 Å². The van der Waals surface area contributed by atoms with Gasteiger partial charge in [0, 0.05) is 6.54 Å². The standard InChI is InChI=1S/C10H19F3N2OS/c1-17-6-4-2-3-5-15-9(16)7-14-8-10(11,12)13/h14H,2-8H2,1H3,(H,15,16). The second-order valence-electron chi connectivity index (χ2n) is 3.62. The average Bonchev–Trinajstić information content (AvgIpc) is 2.21. The molecule has 2 N–H and O–H groups in total. The van der Waals surface area contributed by atoms with Crippen molar-refractivity contribution in [1.29, 1.82) is 0 Å². The van der Waals surface area contributed by atoms with Crippen molar-refractivity contribution >= 4 is 17.7 Å². The maximum absolute atomic E-state index is 11.7. The molecule has 0 rings (SSSR count). The molecule has 0 aromatic heterocycles. The van der Waals surface area contributed by atoms with Crippen LogP contribution in [-0.4, -0.2) is 43.7 Å². The van der Waals surface area contributed by atoms with E-state index in [0.29, 0.717) is 6.54 Å². The van der Waals surface area contributed by atoms with Gasteiger partial charge in [0.05, 0.1) is 13.1 Å². The second kappa shape index (κ2) is 9.58. The molecule has 0 saturated carbocycles. The van der Waals surface area contributed by atoms with Crippen LogP contribution in [0.1, 0.15) is 19.3 Å². The number of hydrogen-bond donors (Lipinski definition) is 2. The van der Waals surface area contributed by atoms with Gasteiger partial charge in [-0.2, -0.15) is 24.9 Å². The maximum Gasteiger partial charge on any atom is 0.401 e. The Bertz CT molecular complexity index is 212. The predicted molar refractivity (Wildman–Crippen MR) is 64.2 cm³/mol. The number of thioether (sulfide) groups is 1. The van der Waals surface area contributed by atoms with E-state index in [1.165, 1.54) is 0 Å². The zero-order valence-corrected chi connectivity index (χ0v) is 10.7. The number of amides is 1. The number of halogens is 3. The van der Waals surface area contributed by atoms with E-state index < -0.39 is 12.7 Å². The van der Waals surface area contributed by atoms with Crippen LogP contribution in [0.2, 0.25) is 0 Å². The summed E-state index contributed by atoms with van der Waals surface area (Å²) in [5, 5.41) is 4.62. The predicted octanol–water partition coefficient (Wildman–Crippen LogP) is 1.79. The van der Waals surface area contributed by atoms with Crippen LogP contribution >= 0.6 is 11.8 Å². The summed E-state index contributed by atoms with van der Waals surface area (Å²) in [5.41, 5.74) is 0. The van der Waals surface area contributed by atoms with Crippen LogP contribution in [-0.2, 0) is 4.79 Å². The molecule has 0 radical (unpaired) electrons. The van der Waals surface area contributed by atoms with Gasteiger partial charge in [-0.05, 0) is 24.9 Å². The first-order valence-electron chi connectivity index (χ1n) is 5.49. The van der Waals surface area contributed by atoms with E-state index in [4.69, 9.17) is 0 Å². The zero-order chi connectivity index (χ0) is 13.1. The highest BCUT2D eigenvalue weighted by Gasteiger charge is 2.26. The average molecular weight is 272 g/mol. The Balaban J connectivity index is 3.29. The molecule has 0 aliphatic carbocycles. The smallest absolute Gasteiger partial charge is 0.355 e. The molecule has 0 saturated heterocycles. The Labute approximate surface area is 104 Å². The lowest BCUT2D eigenvalue weighted by molar-refractivity contribution is -0.128. The Morgan fingerprint density at radius 2 is 1.94 bits per heavy atom.